The molecular weight excluding hydrogens is 346 g/mol. The number of benzene rings is 1. The molecule has 10 heteroatoms. The lowest BCUT2D eigenvalue weighted by Gasteiger charge is -2.23. The summed E-state index contributed by atoms with van der Waals surface area (Å²) in [6.45, 7) is 0.286. The zero-order valence-electron chi connectivity index (χ0n) is 13.3. The summed E-state index contributed by atoms with van der Waals surface area (Å²) in [6.07, 6.45) is 3.50. The molecule has 2 fully saturated rings. The first-order valence-electron chi connectivity index (χ1n) is 8.00. The smallest absolute Gasteiger partial charge is 0.311 e. The molecule has 1 aromatic heterocycles. The third kappa shape index (κ3) is 2.44. The highest BCUT2D eigenvalue weighted by atomic mass is 32.2. The quantitative estimate of drug-likeness (QED) is 0.842. The fourth-order valence-corrected chi connectivity index (χ4v) is 5.59. The van der Waals surface area contributed by atoms with Crippen LogP contribution in [-0.2, 0) is 14.8 Å². The van der Waals surface area contributed by atoms with Gasteiger partial charge in [-0.25, -0.2) is 13.1 Å². The van der Waals surface area contributed by atoms with Crippen LogP contribution in [0.3, 0.4) is 0 Å². The molecule has 1 aliphatic carbocycles. The van der Waals surface area contributed by atoms with Crippen molar-refractivity contribution in [3.8, 4) is 5.69 Å². The van der Waals surface area contributed by atoms with E-state index in [2.05, 4.69) is 15.5 Å². The van der Waals surface area contributed by atoms with Gasteiger partial charge in [-0.1, -0.05) is 12.5 Å². The van der Waals surface area contributed by atoms with Crippen molar-refractivity contribution in [2.24, 2.45) is 11.3 Å². The molecule has 2 aromatic rings. The van der Waals surface area contributed by atoms with Gasteiger partial charge in [-0.2, -0.15) is 4.31 Å². The maximum atomic E-state index is 13.0. The minimum absolute atomic E-state index is 0.0322. The molecule has 4 rings (SSSR count). The summed E-state index contributed by atoms with van der Waals surface area (Å²) in [5, 5.41) is 20.5. The Balaban J connectivity index is 1.67. The number of aromatic nitrogens is 4. The molecule has 1 N–H and O–H groups in total. The number of hydrogen-bond donors (Lipinski definition) is 1. The van der Waals surface area contributed by atoms with Gasteiger partial charge in [0, 0.05) is 13.1 Å². The minimum atomic E-state index is -3.78. The van der Waals surface area contributed by atoms with Gasteiger partial charge in [-0.15, -0.1) is 5.10 Å². The van der Waals surface area contributed by atoms with Crippen LogP contribution in [0.1, 0.15) is 19.3 Å². The van der Waals surface area contributed by atoms with Crippen molar-refractivity contribution in [2.45, 2.75) is 24.2 Å². The maximum Gasteiger partial charge on any atom is 0.311 e. The number of nitrogens with zero attached hydrogens (tertiary/aromatic N) is 5. The lowest BCUT2D eigenvalue weighted by atomic mass is 9.81. The number of tetrazole rings is 1. The predicted molar refractivity (Wildman–Crippen MR) is 85.3 cm³/mol. The Morgan fingerprint density at radius 3 is 2.88 bits per heavy atom. The van der Waals surface area contributed by atoms with Gasteiger partial charge in [0.05, 0.1) is 16.0 Å². The van der Waals surface area contributed by atoms with Crippen LogP contribution in [0.4, 0.5) is 0 Å². The van der Waals surface area contributed by atoms with Crippen LogP contribution in [0.15, 0.2) is 35.5 Å². The summed E-state index contributed by atoms with van der Waals surface area (Å²) < 4.78 is 28.7. The van der Waals surface area contributed by atoms with Crippen LogP contribution in [0.2, 0.25) is 0 Å². The Labute approximate surface area is 144 Å². The second-order valence-electron chi connectivity index (χ2n) is 6.60. The summed E-state index contributed by atoms with van der Waals surface area (Å²) >= 11 is 0. The number of hydrogen-bond acceptors (Lipinski definition) is 6. The van der Waals surface area contributed by atoms with Crippen molar-refractivity contribution >= 4 is 16.0 Å². The van der Waals surface area contributed by atoms with Crippen molar-refractivity contribution in [3.05, 3.63) is 30.6 Å². The van der Waals surface area contributed by atoms with E-state index in [1.807, 2.05) is 0 Å². The Morgan fingerprint density at radius 1 is 1.36 bits per heavy atom. The summed E-state index contributed by atoms with van der Waals surface area (Å²) in [6, 6.07) is 6.32. The number of carboxylic acids is 1. The first-order valence-corrected chi connectivity index (χ1v) is 9.44. The second-order valence-corrected chi connectivity index (χ2v) is 8.54. The Bertz CT molecular complexity index is 914. The van der Waals surface area contributed by atoms with Gasteiger partial charge in [0.1, 0.15) is 6.33 Å². The van der Waals surface area contributed by atoms with Crippen LogP contribution in [-0.4, -0.2) is 57.1 Å². The topological polar surface area (TPSA) is 118 Å². The van der Waals surface area contributed by atoms with Crippen molar-refractivity contribution in [1.82, 2.24) is 24.5 Å². The maximum absolute atomic E-state index is 13.0. The molecule has 25 heavy (non-hydrogen) atoms. The third-order valence-electron chi connectivity index (χ3n) is 5.33. The average molecular weight is 363 g/mol. The average Bonchev–Trinajstić information content (AvgIpc) is 3.30. The molecule has 0 bridgehead atoms. The molecule has 132 valence electrons. The van der Waals surface area contributed by atoms with Gasteiger partial charge >= 0.3 is 5.97 Å². The van der Waals surface area contributed by atoms with Crippen LogP contribution in [0, 0.1) is 11.3 Å². The Hall–Kier alpha value is -2.33. The molecule has 1 aliphatic heterocycles. The molecule has 9 nitrogen and oxygen atoms in total. The van der Waals surface area contributed by atoms with E-state index in [0.29, 0.717) is 12.1 Å². The second kappa shape index (κ2) is 5.60. The predicted octanol–water partition coefficient (Wildman–Crippen LogP) is 0.538. The third-order valence-corrected chi connectivity index (χ3v) is 7.14. The van der Waals surface area contributed by atoms with Crippen LogP contribution in [0.5, 0.6) is 0 Å². The Kier molecular flexibility index (Phi) is 3.62. The number of carbonyl (C=O) groups is 1. The zero-order chi connectivity index (χ0) is 17.7. The molecular formula is C15H17N5O4S. The highest BCUT2D eigenvalue weighted by Gasteiger charge is 2.57. The number of carboxylic acid groups (broad SMARTS) is 1. The van der Waals surface area contributed by atoms with Crippen molar-refractivity contribution in [3.63, 3.8) is 0 Å². The number of fused-ring (bicyclic) bond motifs is 1. The largest absolute Gasteiger partial charge is 0.481 e. The van der Waals surface area contributed by atoms with E-state index >= 15 is 0 Å². The first kappa shape index (κ1) is 16.2. The van der Waals surface area contributed by atoms with Crippen LogP contribution >= 0.6 is 0 Å². The summed E-state index contributed by atoms with van der Waals surface area (Å²) in [5.41, 5.74) is -0.418. The normalized spacial score (nSPS) is 26.6. The minimum Gasteiger partial charge on any atom is -0.481 e. The zero-order valence-corrected chi connectivity index (χ0v) is 14.1. The van der Waals surface area contributed by atoms with Gasteiger partial charge in [0.15, 0.2) is 0 Å². The molecule has 2 atom stereocenters. The molecule has 0 spiro atoms. The molecule has 1 saturated heterocycles. The molecule has 2 heterocycles. The van der Waals surface area contributed by atoms with E-state index in [-0.39, 0.29) is 23.9 Å². The molecule has 0 unspecified atom stereocenters. The van der Waals surface area contributed by atoms with E-state index in [9.17, 15) is 18.3 Å². The van der Waals surface area contributed by atoms with E-state index in [0.717, 1.165) is 12.8 Å². The molecule has 1 aromatic carbocycles. The SMILES string of the molecule is O=C(O)[C@@]12CCC[C@H]1CN(S(=O)(=O)c1cccc(-n3cnnn3)c1)C2. The molecule has 0 amide bonds. The highest BCUT2D eigenvalue weighted by Crippen LogP contribution is 2.50. The summed E-state index contributed by atoms with van der Waals surface area (Å²) in [7, 11) is -3.78. The monoisotopic (exact) mass is 363 g/mol. The van der Waals surface area contributed by atoms with Crippen LogP contribution < -0.4 is 0 Å². The first-order chi connectivity index (χ1) is 11.9. The fraction of sp³-hybridized carbons (Fsp3) is 0.467. The standard InChI is InChI=1S/C15H17N5O4S/c21-14(22)15-6-2-3-11(15)8-19(9-15)25(23,24)13-5-1-4-12(7-13)20-10-16-17-18-20/h1,4-5,7,10-11H,2-3,6,8-9H2,(H,21,22)/t11-,15+/m0/s1. The van der Waals surface area contributed by atoms with Crippen molar-refractivity contribution < 1.29 is 18.3 Å². The van der Waals surface area contributed by atoms with Gasteiger partial charge < -0.3 is 5.11 Å². The molecule has 2 aliphatic rings. The van der Waals surface area contributed by atoms with Gasteiger partial charge in [-0.05, 0) is 47.4 Å². The van der Waals surface area contributed by atoms with E-state index in [4.69, 9.17) is 0 Å². The van der Waals surface area contributed by atoms with Gasteiger partial charge in [0.25, 0.3) is 0 Å². The lowest BCUT2D eigenvalue weighted by molar-refractivity contribution is -0.149. The van der Waals surface area contributed by atoms with Crippen LogP contribution in [0.25, 0.3) is 5.69 Å². The van der Waals surface area contributed by atoms with Gasteiger partial charge in [0.2, 0.25) is 10.0 Å². The van der Waals surface area contributed by atoms with E-state index < -0.39 is 21.4 Å². The van der Waals surface area contributed by atoms with Crippen molar-refractivity contribution in [2.75, 3.05) is 13.1 Å². The number of aliphatic carboxylic acids is 1. The summed E-state index contributed by atoms with van der Waals surface area (Å²) in [4.78, 5) is 11.9. The number of sulfonamides is 1. The summed E-state index contributed by atoms with van der Waals surface area (Å²) in [5.74, 6) is -1.02. The fourth-order valence-electron chi connectivity index (χ4n) is 3.99. The van der Waals surface area contributed by atoms with Crippen molar-refractivity contribution in [1.29, 1.82) is 0 Å². The highest BCUT2D eigenvalue weighted by molar-refractivity contribution is 7.89. The molecule has 1 saturated carbocycles. The van der Waals surface area contributed by atoms with E-state index in [1.165, 1.54) is 27.4 Å². The van der Waals surface area contributed by atoms with E-state index in [1.54, 1.807) is 12.1 Å². The lowest BCUT2D eigenvalue weighted by Crippen LogP contribution is -2.37. The Morgan fingerprint density at radius 2 is 2.20 bits per heavy atom. The molecule has 0 radical (unpaired) electrons. The van der Waals surface area contributed by atoms with Gasteiger partial charge in [-0.3, -0.25) is 4.79 Å². The number of rotatable bonds is 4.